The molecule has 1 atom stereocenters. The van der Waals surface area contributed by atoms with Crippen LogP contribution in [0.5, 0.6) is 0 Å². The van der Waals surface area contributed by atoms with Gasteiger partial charge in [-0.05, 0) is 32.9 Å². The van der Waals surface area contributed by atoms with Crippen LogP contribution in [0.3, 0.4) is 0 Å². The van der Waals surface area contributed by atoms with Crippen molar-refractivity contribution in [2.24, 2.45) is 0 Å². The van der Waals surface area contributed by atoms with E-state index < -0.39 is 0 Å². The number of hydrogen-bond acceptors (Lipinski definition) is 5. The van der Waals surface area contributed by atoms with E-state index in [4.69, 9.17) is 10.7 Å². The summed E-state index contributed by atoms with van der Waals surface area (Å²) in [7, 11) is 2.09. The Hall–Kier alpha value is -0.970. The maximum Gasteiger partial charge on any atom is 0.137 e. The van der Waals surface area contributed by atoms with E-state index in [0.29, 0.717) is 17.8 Å². The molecule has 0 aromatic carbocycles. The molecular formula is C13H22N4S. The van der Waals surface area contributed by atoms with Crippen LogP contribution in [0, 0.1) is 6.92 Å². The topological polar surface area (TPSA) is 55.0 Å². The second kappa shape index (κ2) is 5.34. The van der Waals surface area contributed by atoms with Crippen LogP contribution in [-0.2, 0) is 0 Å². The van der Waals surface area contributed by atoms with Gasteiger partial charge in [-0.2, -0.15) is 11.8 Å². The molecule has 1 aromatic rings. The van der Waals surface area contributed by atoms with Gasteiger partial charge in [-0.3, -0.25) is 0 Å². The van der Waals surface area contributed by atoms with Crippen LogP contribution in [0.1, 0.15) is 37.1 Å². The van der Waals surface area contributed by atoms with Crippen molar-refractivity contribution in [3.63, 3.8) is 0 Å². The van der Waals surface area contributed by atoms with Crippen molar-refractivity contribution < 1.29 is 0 Å². The first kappa shape index (κ1) is 13.5. The second-order valence-electron chi connectivity index (χ2n) is 5.11. The highest BCUT2D eigenvalue weighted by atomic mass is 32.2. The van der Waals surface area contributed by atoms with Gasteiger partial charge in [0.1, 0.15) is 17.5 Å². The average molecular weight is 266 g/mol. The minimum atomic E-state index is 0.444. The van der Waals surface area contributed by atoms with Crippen LogP contribution in [0.25, 0.3) is 0 Å². The molecule has 1 heterocycles. The van der Waals surface area contributed by atoms with Crippen molar-refractivity contribution in [3.05, 3.63) is 11.4 Å². The minimum absolute atomic E-state index is 0.444. The molecule has 1 aliphatic carbocycles. The number of nitrogens with two attached hydrogens (primary N) is 1. The number of thioether (sulfide) groups is 1. The summed E-state index contributed by atoms with van der Waals surface area (Å²) in [4.78, 5) is 11.4. The largest absolute Gasteiger partial charge is 0.383 e. The number of anilines is 2. The molecule has 100 valence electrons. The van der Waals surface area contributed by atoms with E-state index in [-0.39, 0.29) is 0 Å². The normalized spacial score (nSPS) is 16.7. The minimum Gasteiger partial charge on any atom is -0.383 e. The third-order valence-electron chi connectivity index (χ3n) is 3.52. The lowest BCUT2D eigenvalue weighted by Gasteiger charge is -2.27. The Balaban J connectivity index is 2.30. The maximum absolute atomic E-state index is 6.02. The Morgan fingerprint density at radius 3 is 2.67 bits per heavy atom. The smallest absolute Gasteiger partial charge is 0.137 e. The molecule has 0 radical (unpaired) electrons. The van der Waals surface area contributed by atoms with E-state index in [0.717, 1.165) is 23.0 Å². The highest BCUT2D eigenvalue weighted by molar-refractivity contribution is 7.98. The van der Waals surface area contributed by atoms with Crippen LogP contribution < -0.4 is 10.6 Å². The van der Waals surface area contributed by atoms with Gasteiger partial charge in [0.2, 0.25) is 0 Å². The second-order valence-corrected chi connectivity index (χ2v) is 6.02. The van der Waals surface area contributed by atoms with E-state index in [1.165, 1.54) is 12.8 Å². The molecule has 0 saturated heterocycles. The fourth-order valence-corrected chi connectivity index (χ4v) is 2.67. The van der Waals surface area contributed by atoms with Crippen LogP contribution >= 0.6 is 11.8 Å². The predicted molar refractivity (Wildman–Crippen MR) is 79.4 cm³/mol. The standard InChI is InChI=1S/C13H22N4S/c1-8(7-18-4)17(3)13-9(2)11(14)15-12(16-13)10-5-6-10/h8,10H,5-7H2,1-4H3,(H2,14,15,16). The van der Waals surface area contributed by atoms with Gasteiger partial charge in [0.25, 0.3) is 0 Å². The Bertz CT molecular complexity index is 431. The molecule has 5 heteroatoms. The molecule has 4 nitrogen and oxygen atoms in total. The quantitative estimate of drug-likeness (QED) is 0.887. The van der Waals surface area contributed by atoms with Crippen LogP contribution in [0.4, 0.5) is 11.6 Å². The van der Waals surface area contributed by atoms with Crippen LogP contribution in [-0.4, -0.2) is 35.1 Å². The van der Waals surface area contributed by atoms with Crippen molar-refractivity contribution in [1.29, 1.82) is 0 Å². The Labute approximate surface area is 113 Å². The first-order valence-corrected chi connectivity index (χ1v) is 7.79. The molecule has 2 N–H and O–H groups in total. The van der Waals surface area contributed by atoms with Crippen molar-refractivity contribution in [3.8, 4) is 0 Å². The summed E-state index contributed by atoms with van der Waals surface area (Å²) in [6, 6.07) is 0.444. The number of nitrogens with zero attached hydrogens (tertiary/aromatic N) is 3. The van der Waals surface area contributed by atoms with E-state index in [1.54, 1.807) is 0 Å². The molecule has 0 aliphatic heterocycles. The predicted octanol–water partition coefficient (Wildman–Crippen LogP) is 2.43. The molecule has 1 aromatic heterocycles. The Morgan fingerprint density at radius 1 is 1.44 bits per heavy atom. The molecular weight excluding hydrogens is 244 g/mol. The van der Waals surface area contributed by atoms with Crippen LogP contribution in [0.15, 0.2) is 0 Å². The molecule has 1 saturated carbocycles. The maximum atomic E-state index is 6.02. The third kappa shape index (κ3) is 2.71. The van der Waals surface area contributed by atoms with Gasteiger partial charge >= 0.3 is 0 Å². The van der Waals surface area contributed by atoms with Crippen molar-refractivity contribution in [2.45, 2.75) is 38.6 Å². The lowest BCUT2D eigenvalue weighted by atomic mass is 10.2. The SMILES string of the molecule is CSCC(C)N(C)c1nc(C2CC2)nc(N)c1C. The monoisotopic (exact) mass is 266 g/mol. The summed E-state index contributed by atoms with van der Waals surface area (Å²) in [6.45, 7) is 4.22. The summed E-state index contributed by atoms with van der Waals surface area (Å²) in [5, 5.41) is 0. The summed E-state index contributed by atoms with van der Waals surface area (Å²) in [5.74, 6) is 4.17. The zero-order valence-electron chi connectivity index (χ0n) is 11.6. The van der Waals surface area contributed by atoms with E-state index in [2.05, 4.69) is 30.1 Å². The molecule has 2 rings (SSSR count). The molecule has 0 amide bonds. The van der Waals surface area contributed by atoms with Gasteiger partial charge in [-0.1, -0.05) is 0 Å². The summed E-state index contributed by atoms with van der Waals surface area (Å²) < 4.78 is 0. The van der Waals surface area contributed by atoms with Gasteiger partial charge in [0.15, 0.2) is 0 Å². The van der Waals surface area contributed by atoms with Gasteiger partial charge < -0.3 is 10.6 Å². The van der Waals surface area contributed by atoms with Gasteiger partial charge in [-0.25, -0.2) is 9.97 Å². The Kier molecular flexibility index (Phi) is 4.00. The van der Waals surface area contributed by atoms with E-state index >= 15 is 0 Å². The number of aromatic nitrogens is 2. The molecule has 0 bridgehead atoms. The number of hydrogen-bond donors (Lipinski definition) is 1. The lowest BCUT2D eigenvalue weighted by Crippen LogP contribution is -2.32. The molecule has 18 heavy (non-hydrogen) atoms. The first-order chi connectivity index (χ1) is 8.54. The summed E-state index contributed by atoms with van der Waals surface area (Å²) >= 11 is 1.85. The highest BCUT2D eigenvalue weighted by Gasteiger charge is 2.28. The van der Waals surface area contributed by atoms with Gasteiger partial charge in [0, 0.05) is 30.3 Å². The third-order valence-corrected chi connectivity index (χ3v) is 4.34. The Morgan fingerprint density at radius 2 is 2.11 bits per heavy atom. The zero-order valence-corrected chi connectivity index (χ0v) is 12.4. The summed E-state index contributed by atoms with van der Waals surface area (Å²) in [6.07, 6.45) is 4.53. The number of nitrogen functional groups attached to an aromatic ring is 1. The van der Waals surface area contributed by atoms with Crippen molar-refractivity contribution in [1.82, 2.24) is 9.97 Å². The first-order valence-electron chi connectivity index (χ1n) is 6.40. The van der Waals surface area contributed by atoms with Gasteiger partial charge in [-0.15, -0.1) is 0 Å². The molecule has 1 fully saturated rings. The van der Waals surface area contributed by atoms with Gasteiger partial charge in [0.05, 0.1) is 0 Å². The number of rotatable bonds is 5. The van der Waals surface area contributed by atoms with Crippen molar-refractivity contribution in [2.75, 3.05) is 29.7 Å². The fraction of sp³-hybridized carbons (Fsp3) is 0.692. The molecule has 1 aliphatic rings. The fourth-order valence-electron chi connectivity index (χ4n) is 1.97. The molecule has 1 unspecified atom stereocenters. The van der Waals surface area contributed by atoms with Crippen LogP contribution in [0.2, 0.25) is 0 Å². The van der Waals surface area contributed by atoms with E-state index in [1.807, 2.05) is 18.7 Å². The summed E-state index contributed by atoms with van der Waals surface area (Å²) in [5.41, 5.74) is 7.01. The van der Waals surface area contributed by atoms with E-state index in [9.17, 15) is 0 Å². The molecule has 0 spiro atoms. The zero-order chi connectivity index (χ0) is 13.3. The highest BCUT2D eigenvalue weighted by Crippen LogP contribution is 2.39. The average Bonchev–Trinajstić information content (AvgIpc) is 3.16. The van der Waals surface area contributed by atoms with Crippen molar-refractivity contribution >= 4 is 23.4 Å². The lowest BCUT2D eigenvalue weighted by molar-refractivity contribution is 0.741.